The Kier molecular flexibility index (Phi) is 5.03. The third-order valence-corrected chi connectivity index (χ3v) is 4.16. The Morgan fingerprint density at radius 1 is 1.13 bits per heavy atom. The molecule has 3 nitrogen and oxygen atoms in total. The van der Waals surface area contributed by atoms with Crippen LogP contribution < -0.4 is 4.74 Å². The Bertz CT molecular complexity index is 642. The number of benzene rings is 2. The molecule has 1 aliphatic rings. The van der Waals surface area contributed by atoms with Gasteiger partial charge in [0.2, 0.25) is 0 Å². The molecular weight excluding hydrogens is 293 g/mol. The summed E-state index contributed by atoms with van der Waals surface area (Å²) in [7, 11) is 0. The Labute approximate surface area is 135 Å². The van der Waals surface area contributed by atoms with Crippen LogP contribution in [-0.4, -0.2) is 36.4 Å². The molecule has 0 aromatic heterocycles. The average Bonchev–Trinajstić information content (AvgIpc) is 2.55. The largest absolute Gasteiger partial charge is 0.494 e. The van der Waals surface area contributed by atoms with Crippen LogP contribution in [0.1, 0.15) is 23.2 Å². The topological polar surface area (TPSA) is 29.5 Å². The van der Waals surface area contributed by atoms with E-state index in [-0.39, 0.29) is 17.6 Å². The highest BCUT2D eigenvalue weighted by atomic mass is 19.1. The molecule has 1 saturated heterocycles. The third-order valence-electron chi connectivity index (χ3n) is 4.16. The average molecular weight is 313 g/mol. The Hall–Kier alpha value is -2.20. The molecule has 0 N–H and O–H groups in total. The van der Waals surface area contributed by atoms with Crippen LogP contribution in [0.2, 0.25) is 0 Å². The molecule has 1 fully saturated rings. The van der Waals surface area contributed by atoms with E-state index in [1.165, 1.54) is 12.1 Å². The van der Waals surface area contributed by atoms with E-state index in [0.717, 1.165) is 31.7 Å². The molecule has 0 saturated carbocycles. The standard InChI is InChI=1S/C19H20FNO2/c20-16-9-7-15(8-10-16)19(22)18-11-13-21(18)12-4-14-23-17-5-2-1-3-6-17/h1-3,5-10,18H,4,11-14H2. The molecule has 1 heterocycles. The number of para-hydroxylation sites is 1. The van der Waals surface area contributed by atoms with E-state index in [2.05, 4.69) is 4.90 Å². The zero-order valence-electron chi connectivity index (χ0n) is 13.0. The van der Waals surface area contributed by atoms with Crippen molar-refractivity contribution in [3.05, 3.63) is 66.0 Å². The predicted molar refractivity (Wildman–Crippen MR) is 87.3 cm³/mol. The number of nitrogens with zero attached hydrogens (tertiary/aromatic N) is 1. The number of halogens is 1. The van der Waals surface area contributed by atoms with E-state index in [1.54, 1.807) is 12.1 Å². The first kappa shape index (κ1) is 15.7. The van der Waals surface area contributed by atoms with E-state index in [0.29, 0.717) is 12.2 Å². The van der Waals surface area contributed by atoms with Gasteiger partial charge in [-0.05, 0) is 49.2 Å². The lowest BCUT2D eigenvalue weighted by atomic mass is 9.93. The van der Waals surface area contributed by atoms with Gasteiger partial charge in [-0.25, -0.2) is 4.39 Å². The van der Waals surface area contributed by atoms with Gasteiger partial charge in [0.25, 0.3) is 0 Å². The van der Waals surface area contributed by atoms with Crippen molar-refractivity contribution in [2.45, 2.75) is 18.9 Å². The van der Waals surface area contributed by atoms with Gasteiger partial charge < -0.3 is 4.74 Å². The summed E-state index contributed by atoms with van der Waals surface area (Å²) < 4.78 is 18.6. The lowest BCUT2D eigenvalue weighted by Crippen LogP contribution is -2.52. The second-order valence-corrected chi connectivity index (χ2v) is 5.73. The Morgan fingerprint density at radius 3 is 2.52 bits per heavy atom. The maximum atomic E-state index is 12.9. The normalized spacial score (nSPS) is 17.5. The van der Waals surface area contributed by atoms with E-state index < -0.39 is 0 Å². The summed E-state index contributed by atoms with van der Waals surface area (Å²) in [6, 6.07) is 15.4. The quantitative estimate of drug-likeness (QED) is 0.578. The fraction of sp³-hybridized carbons (Fsp3) is 0.316. The van der Waals surface area contributed by atoms with E-state index in [1.807, 2.05) is 30.3 Å². The van der Waals surface area contributed by atoms with Crippen molar-refractivity contribution >= 4 is 5.78 Å². The SMILES string of the molecule is O=C(c1ccc(F)cc1)C1CCN1CCCOc1ccccc1. The van der Waals surface area contributed by atoms with Crippen LogP contribution in [0.5, 0.6) is 5.75 Å². The van der Waals surface area contributed by atoms with Crippen LogP contribution >= 0.6 is 0 Å². The number of hydrogen-bond acceptors (Lipinski definition) is 3. The number of carbonyl (C=O) groups excluding carboxylic acids is 1. The minimum Gasteiger partial charge on any atom is -0.494 e. The number of likely N-dealkylation sites (tertiary alicyclic amines) is 1. The van der Waals surface area contributed by atoms with E-state index >= 15 is 0 Å². The molecule has 120 valence electrons. The molecule has 0 radical (unpaired) electrons. The van der Waals surface area contributed by atoms with E-state index in [9.17, 15) is 9.18 Å². The highest BCUT2D eigenvalue weighted by Crippen LogP contribution is 2.22. The highest BCUT2D eigenvalue weighted by molar-refractivity contribution is 6.00. The van der Waals surface area contributed by atoms with Gasteiger partial charge in [-0.2, -0.15) is 0 Å². The predicted octanol–water partition coefficient (Wildman–Crippen LogP) is 3.55. The summed E-state index contributed by atoms with van der Waals surface area (Å²) in [5.41, 5.74) is 0.585. The number of ketones is 1. The maximum absolute atomic E-state index is 12.9. The van der Waals surface area contributed by atoms with Gasteiger partial charge in [0.05, 0.1) is 12.6 Å². The summed E-state index contributed by atoms with van der Waals surface area (Å²) in [4.78, 5) is 14.6. The molecule has 2 aromatic rings. The highest BCUT2D eigenvalue weighted by Gasteiger charge is 2.33. The fourth-order valence-corrected chi connectivity index (χ4v) is 2.79. The molecule has 0 amide bonds. The number of Topliss-reactive ketones (excluding diaryl/α,β-unsaturated/α-hetero) is 1. The first-order valence-corrected chi connectivity index (χ1v) is 7.96. The van der Waals surface area contributed by atoms with Crippen molar-refractivity contribution in [1.82, 2.24) is 4.90 Å². The van der Waals surface area contributed by atoms with E-state index in [4.69, 9.17) is 4.74 Å². The lowest BCUT2D eigenvalue weighted by molar-refractivity contribution is 0.0553. The molecule has 4 heteroatoms. The summed E-state index contributed by atoms with van der Waals surface area (Å²) in [6.45, 7) is 2.41. The molecule has 3 rings (SSSR count). The van der Waals surface area contributed by atoms with Crippen LogP contribution in [0.3, 0.4) is 0 Å². The van der Waals surface area contributed by atoms with Crippen molar-refractivity contribution in [2.75, 3.05) is 19.7 Å². The van der Waals surface area contributed by atoms with Crippen LogP contribution in [0.25, 0.3) is 0 Å². The van der Waals surface area contributed by atoms with Crippen molar-refractivity contribution in [3.63, 3.8) is 0 Å². The Morgan fingerprint density at radius 2 is 1.87 bits per heavy atom. The van der Waals surface area contributed by atoms with Crippen molar-refractivity contribution in [2.24, 2.45) is 0 Å². The lowest BCUT2D eigenvalue weighted by Gasteiger charge is -2.39. The van der Waals surface area contributed by atoms with Gasteiger partial charge in [-0.15, -0.1) is 0 Å². The summed E-state index contributed by atoms with van der Waals surface area (Å²) in [6.07, 6.45) is 1.75. The second kappa shape index (κ2) is 7.38. The monoisotopic (exact) mass is 313 g/mol. The maximum Gasteiger partial charge on any atom is 0.179 e. The van der Waals surface area contributed by atoms with Crippen LogP contribution in [0.4, 0.5) is 4.39 Å². The first-order chi connectivity index (χ1) is 11.2. The molecule has 2 aromatic carbocycles. The number of hydrogen-bond donors (Lipinski definition) is 0. The zero-order valence-corrected chi connectivity index (χ0v) is 13.0. The van der Waals surface area contributed by atoms with Gasteiger partial charge in [-0.1, -0.05) is 18.2 Å². The molecule has 0 spiro atoms. The molecule has 0 aliphatic carbocycles. The number of carbonyl (C=O) groups is 1. The van der Waals surface area contributed by atoms with Gasteiger partial charge in [0.15, 0.2) is 5.78 Å². The summed E-state index contributed by atoms with van der Waals surface area (Å²) in [5.74, 6) is 0.639. The van der Waals surface area contributed by atoms with Gasteiger partial charge >= 0.3 is 0 Å². The van der Waals surface area contributed by atoms with Crippen molar-refractivity contribution in [3.8, 4) is 5.75 Å². The summed E-state index contributed by atoms with van der Waals surface area (Å²) in [5, 5.41) is 0. The summed E-state index contributed by atoms with van der Waals surface area (Å²) >= 11 is 0. The third kappa shape index (κ3) is 3.96. The minimum absolute atomic E-state index is 0.0720. The second-order valence-electron chi connectivity index (χ2n) is 5.73. The first-order valence-electron chi connectivity index (χ1n) is 7.96. The smallest absolute Gasteiger partial charge is 0.179 e. The van der Waals surface area contributed by atoms with Crippen LogP contribution in [0.15, 0.2) is 54.6 Å². The van der Waals surface area contributed by atoms with Crippen LogP contribution in [0, 0.1) is 5.82 Å². The number of ether oxygens (including phenoxy) is 1. The van der Waals surface area contributed by atoms with Gasteiger partial charge in [0, 0.05) is 18.7 Å². The van der Waals surface area contributed by atoms with Crippen LogP contribution in [-0.2, 0) is 0 Å². The number of rotatable bonds is 7. The molecule has 23 heavy (non-hydrogen) atoms. The molecule has 1 atom stereocenters. The minimum atomic E-state index is -0.315. The Balaban J connectivity index is 1.44. The molecule has 0 bridgehead atoms. The van der Waals surface area contributed by atoms with Crippen molar-refractivity contribution < 1.29 is 13.9 Å². The fourth-order valence-electron chi connectivity index (χ4n) is 2.79. The molecular formula is C19H20FNO2. The van der Waals surface area contributed by atoms with Crippen molar-refractivity contribution in [1.29, 1.82) is 0 Å². The van der Waals surface area contributed by atoms with Gasteiger partial charge in [0.1, 0.15) is 11.6 Å². The zero-order chi connectivity index (χ0) is 16.1. The molecule has 1 unspecified atom stereocenters. The van der Waals surface area contributed by atoms with Gasteiger partial charge in [-0.3, -0.25) is 9.69 Å². The molecule has 1 aliphatic heterocycles.